The van der Waals surface area contributed by atoms with Crippen molar-refractivity contribution >= 4 is 10.8 Å². The fraction of sp³-hybridized carbons (Fsp3) is 0.211. The highest BCUT2D eigenvalue weighted by atomic mass is 16.7. The average molecular weight is 307 g/mol. The zero-order valence-corrected chi connectivity index (χ0v) is 13.0. The minimum Gasteiger partial charge on any atom is -0.454 e. The summed E-state index contributed by atoms with van der Waals surface area (Å²) in [7, 11) is 0. The first-order valence-corrected chi connectivity index (χ1v) is 7.57. The number of rotatable bonds is 2. The zero-order chi connectivity index (χ0) is 16.0. The maximum atomic E-state index is 10.8. The van der Waals surface area contributed by atoms with Gasteiger partial charge in [0, 0.05) is 11.6 Å². The van der Waals surface area contributed by atoms with Crippen LogP contribution in [0.2, 0.25) is 0 Å². The second kappa shape index (κ2) is 5.25. The Hall–Kier alpha value is -2.59. The Morgan fingerprint density at radius 3 is 2.65 bits per heavy atom. The molecule has 4 nitrogen and oxygen atoms in total. The van der Waals surface area contributed by atoms with Crippen molar-refractivity contribution in [1.29, 1.82) is 0 Å². The van der Waals surface area contributed by atoms with E-state index in [2.05, 4.69) is 31.0 Å². The number of aromatic nitrogens is 1. The lowest BCUT2D eigenvalue weighted by molar-refractivity contribution is 0.173. The molecule has 0 fully saturated rings. The molecule has 1 aliphatic heterocycles. The molecule has 1 aromatic heterocycles. The van der Waals surface area contributed by atoms with Crippen LogP contribution in [0.25, 0.3) is 10.8 Å². The molecule has 0 saturated heterocycles. The molecule has 3 aromatic rings. The van der Waals surface area contributed by atoms with Gasteiger partial charge in [0.2, 0.25) is 6.79 Å². The lowest BCUT2D eigenvalue weighted by Crippen LogP contribution is -2.03. The van der Waals surface area contributed by atoms with E-state index in [-0.39, 0.29) is 6.79 Å². The number of hydrogen-bond donors (Lipinski definition) is 1. The predicted octanol–water partition coefficient (Wildman–Crippen LogP) is 3.66. The fourth-order valence-corrected chi connectivity index (χ4v) is 2.92. The van der Waals surface area contributed by atoms with Crippen LogP contribution in [0.15, 0.2) is 42.6 Å². The molecule has 1 atom stereocenters. The Labute approximate surface area is 134 Å². The number of ether oxygens (including phenoxy) is 2. The Balaban J connectivity index is 1.83. The minimum absolute atomic E-state index is 0.222. The van der Waals surface area contributed by atoms with Gasteiger partial charge in [-0.15, -0.1) is 0 Å². The van der Waals surface area contributed by atoms with Crippen molar-refractivity contribution in [2.24, 2.45) is 0 Å². The summed E-state index contributed by atoms with van der Waals surface area (Å²) in [5.41, 5.74) is 3.81. The Morgan fingerprint density at radius 2 is 1.78 bits per heavy atom. The Bertz CT molecular complexity index is 905. The molecule has 1 aliphatic rings. The summed E-state index contributed by atoms with van der Waals surface area (Å²) in [4.78, 5) is 4.43. The fourth-order valence-electron chi connectivity index (χ4n) is 2.92. The van der Waals surface area contributed by atoms with Crippen molar-refractivity contribution in [3.63, 3.8) is 0 Å². The largest absolute Gasteiger partial charge is 0.454 e. The third-order valence-corrected chi connectivity index (χ3v) is 4.38. The normalized spacial score (nSPS) is 14.2. The minimum atomic E-state index is -0.810. The summed E-state index contributed by atoms with van der Waals surface area (Å²) in [6.07, 6.45) is 0.929. The van der Waals surface area contributed by atoms with Gasteiger partial charge in [-0.05, 0) is 60.2 Å². The van der Waals surface area contributed by atoms with E-state index in [0.717, 1.165) is 16.3 Å². The SMILES string of the molecule is Cc1cc2ccnc(C(O)c3ccc4c(c3)OCO4)c2cc1C. The molecule has 0 radical (unpaired) electrons. The van der Waals surface area contributed by atoms with E-state index in [0.29, 0.717) is 17.2 Å². The van der Waals surface area contributed by atoms with Gasteiger partial charge in [0.15, 0.2) is 11.5 Å². The van der Waals surface area contributed by atoms with Crippen LogP contribution < -0.4 is 9.47 Å². The summed E-state index contributed by atoms with van der Waals surface area (Å²) < 4.78 is 10.7. The molecule has 1 unspecified atom stereocenters. The number of hydrogen-bond acceptors (Lipinski definition) is 4. The maximum absolute atomic E-state index is 10.8. The molecule has 116 valence electrons. The highest BCUT2D eigenvalue weighted by Crippen LogP contribution is 2.36. The first-order valence-electron chi connectivity index (χ1n) is 7.57. The van der Waals surface area contributed by atoms with Crippen LogP contribution in [0.3, 0.4) is 0 Å². The van der Waals surface area contributed by atoms with Crippen molar-refractivity contribution in [3.05, 3.63) is 65.0 Å². The number of aliphatic hydroxyl groups excluding tert-OH is 1. The predicted molar refractivity (Wildman–Crippen MR) is 87.8 cm³/mol. The van der Waals surface area contributed by atoms with Gasteiger partial charge < -0.3 is 14.6 Å². The molecule has 4 rings (SSSR count). The molecule has 23 heavy (non-hydrogen) atoms. The van der Waals surface area contributed by atoms with Gasteiger partial charge in [-0.3, -0.25) is 4.98 Å². The van der Waals surface area contributed by atoms with E-state index in [4.69, 9.17) is 9.47 Å². The smallest absolute Gasteiger partial charge is 0.231 e. The highest BCUT2D eigenvalue weighted by molar-refractivity contribution is 5.86. The molecule has 4 heteroatoms. The van der Waals surface area contributed by atoms with Crippen molar-refractivity contribution in [2.75, 3.05) is 6.79 Å². The molecule has 2 heterocycles. The summed E-state index contributed by atoms with van der Waals surface area (Å²) in [5, 5.41) is 12.9. The van der Waals surface area contributed by atoms with Crippen LogP contribution in [0.5, 0.6) is 11.5 Å². The number of pyridine rings is 1. The zero-order valence-electron chi connectivity index (χ0n) is 13.0. The molecular weight excluding hydrogens is 290 g/mol. The van der Waals surface area contributed by atoms with Crippen LogP contribution in [0.1, 0.15) is 28.5 Å². The van der Waals surface area contributed by atoms with Crippen molar-refractivity contribution in [2.45, 2.75) is 20.0 Å². The van der Waals surface area contributed by atoms with Gasteiger partial charge >= 0.3 is 0 Å². The molecule has 0 bridgehead atoms. The monoisotopic (exact) mass is 307 g/mol. The molecule has 1 N–H and O–H groups in total. The third-order valence-electron chi connectivity index (χ3n) is 4.38. The third kappa shape index (κ3) is 2.32. The van der Waals surface area contributed by atoms with Gasteiger partial charge in [-0.25, -0.2) is 0 Å². The Kier molecular flexibility index (Phi) is 3.20. The summed E-state index contributed by atoms with van der Waals surface area (Å²) in [5.74, 6) is 1.37. The van der Waals surface area contributed by atoms with Crippen molar-refractivity contribution in [3.8, 4) is 11.5 Å². The van der Waals surface area contributed by atoms with Crippen LogP contribution in [-0.4, -0.2) is 16.9 Å². The number of nitrogens with zero attached hydrogens (tertiary/aromatic N) is 1. The van der Waals surface area contributed by atoms with Crippen LogP contribution in [0.4, 0.5) is 0 Å². The van der Waals surface area contributed by atoms with E-state index in [1.807, 2.05) is 24.3 Å². The van der Waals surface area contributed by atoms with Crippen LogP contribution >= 0.6 is 0 Å². The van der Waals surface area contributed by atoms with Gasteiger partial charge in [0.1, 0.15) is 6.10 Å². The lowest BCUT2D eigenvalue weighted by atomic mass is 9.97. The second-order valence-electron chi connectivity index (χ2n) is 5.87. The second-order valence-corrected chi connectivity index (χ2v) is 5.87. The lowest BCUT2D eigenvalue weighted by Gasteiger charge is -2.15. The topological polar surface area (TPSA) is 51.6 Å². The summed E-state index contributed by atoms with van der Waals surface area (Å²) in [6.45, 7) is 4.38. The molecule has 0 amide bonds. The number of aryl methyl sites for hydroxylation is 2. The number of fused-ring (bicyclic) bond motifs is 2. The first-order chi connectivity index (χ1) is 11.1. The molecular formula is C19H17NO3. The van der Waals surface area contributed by atoms with Gasteiger partial charge in [-0.2, -0.15) is 0 Å². The standard InChI is InChI=1S/C19H17NO3/c1-11-7-13-5-6-20-18(15(13)8-12(11)2)19(21)14-3-4-16-17(9-14)23-10-22-16/h3-9,19,21H,10H2,1-2H3. The molecule has 0 spiro atoms. The van der Waals surface area contributed by atoms with Gasteiger partial charge in [0.05, 0.1) is 5.69 Å². The van der Waals surface area contributed by atoms with Crippen molar-refractivity contribution in [1.82, 2.24) is 4.98 Å². The van der Waals surface area contributed by atoms with E-state index in [1.165, 1.54) is 11.1 Å². The highest BCUT2D eigenvalue weighted by Gasteiger charge is 2.20. The van der Waals surface area contributed by atoms with Crippen LogP contribution in [0, 0.1) is 13.8 Å². The molecule has 0 aliphatic carbocycles. The first kappa shape index (κ1) is 14.0. The summed E-state index contributed by atoms with van der Waals surface area (Å²) in [6, 6.07) is 11.7. The van der Waals surface area contributed by atoms with E-state index in [1.54, 1.807) is 6.20 Å². The quantitative estimate of drug-likeness (QED) is 0.785. The molecule has 0 saturated carbocycles. The van der Waals surface area contributed by atoms with Gasteiger partial charge in [0.25, 0.3) is 0 Å². The van der Waals surface area contributed by atoms with E-state index in [9.17, 15) is 5.11 Å². The number of benzene rings is 2. The van der Waals surface area contributed by atoms with Crippen molar-refractivity contribution < 1.29 is 14.6 Å². The van der Waals surface area contributed by atoms with Crippen LogP contribution in [-0.2, 0) is 0 Å². The van der Waals surface area contributed by atoms with E-state index < -0.39 is 6.10 Å². The van der Waals surface area contributed by atoms with Gasteiger partial charge in [-0.1, -0.05) is 12.1 Å². The average Bonchev–Trinajstić information content (AvgIpc) is 3.02. The maximum Gasteiger partial charge on any atom is 0.231 e. The Morgan fingerprint density at radius 1 is 1.00 bits per heavy atom. The van der Waals surface area contributed by atoms with E-state index >= 15 is 0 Å². The number of aliphatic hydroxyl groups is 1. The summed E-state index contributed by atoms with van der Waals surface area (Å²) >= 11 is 0. The molecule has 2 aromatic carbocycles.